The van der Waals surface area contributed by atoms with E-state index in [0.717, 1.165) is 13.0 Å². The summed E-state index contributed by atoms with van der Waals surface area (Å²) in [4.78, 5) is 0. The minimum Gasteiger partial charge on any atom is -0.330 e. The number of hydrogen-bond acceptors (Lipinski definition) is 1. The summed E-state index contributed by atoms with van der Waals surface area (Å²) in [5, 5.41) is 0.467. The van der Waals surface area contributed by atoms with Gasteiger partial charge in [0.1, 0.15) is 0 Å². The van der Waals surface area contributed by atoms with Crippen LogP contribution in [0.3, 0.4) is 0 Å². The minimum absolute atomic E-state index is 0.414. The molecule has 0 aliphatic carbocycles. The Labute approximate surface area is 91.5 Å². The molecule has 0 atom stereocenters. The van der Waals surface area contributed by atoms with E-state index < -0.39 is 8.07 Å². The summed E-state index contributed by atoms with van der Waals surface area (Å²) in [5.41, 5.74) is 6.01. The molecule has 0 aromatic rings. The molecule has 0 unspecified atom stereocenters. The quantitative estimate of drug-likeness (QED) is 0.692. The number of nitrogens with two attached hydrogens (primary N) is 1. The van der Waals surface area contributed by atoms with Crippen molar-refractivity contribution in [3.8, 4) is 0 Å². The molecule has 0 aromatic heterocycles. The van der Waals surface area contributed by atoms with Crippen molar-refractivity contribution in [2.75, 3.05) is 6.54 Å². The minimum atomic E-state index is -1.11. The highest BCUT2D eigenvalue weighted by Gasteiger charge is 2.45. The monoisotopic (exact) mass is 215 g/mol. The Morgan fingerprint density at radius 2 is 1.43 bits per heavy atom. The zero-order valence-corrected chi connectivity index (χ0v) is 12.2. The van der Waals surface area contributed by atoms with E-state index in [9.17, 15) is 0 Å². The first kappa shape index (κ1) is 14.2. The van der Waals surface area contributed by atoms with E-state index in [0.29, 0.717) is 10.5 Å². The molecule has 0 aromatic carbocycles. The lowest BCUT2D eigenvalue weighted by Crippen LogP contribution is -2.45. The van der Waals surface area contributed by atoms with Gasteiger partial charge in [0.15, 0.2) is 0 Å². The van der Waals surface area contributed by atoms with E-state index in [1.807, 2.05) is 0 Å². The van der Waals surface area contributed by atoms with Gasteiger partial charge in [0.05, 0.1) is 8.07 Å². The fraction of sp³-hybridized carbons (Fsp3) is 1.00. The molecule has 86 valence electrons. The topological polar surface area (TPSA) is 26.0 Å². The predicted octanol–water partition coefficient (Wildman–Crippen LogP) is 3.87. The largest absolute Gasteiger partial charge is 0.330 e. The highest BCUT2D eigenvalue weighted by atomic mass is 28.3. The third-order valence-electron chi connectivity index (χ3n) is 4.57. The van der Waals surface area contributed by atoms with Crippen LogP contribution in [0, 0.1) is 5.41 Å². The molecular formula is C12H29NSi. The number of rotatable bonds is 5. The van der Waals surface area contributed by atoms with Gasteiger partial charge in [-0.3, -0.25) is 0 Å². The van der Waals surface area contributed by atoms with Gasteiger partial charge in [-0.05, 0) is 29.8 Å². The van der Waals surface area contributed by atoms with Crippen LogP contribution in [-0.2, 0) is 0 Å². The summed E-state index contributed by atoms with van der Waals surface area (Å²) in [7, 11) is -1.11. The van der Waals surface area contributed by atoms with Crippen LogP contribution >= 0.6 is 0 Å². The SMILES string of the molecule is CC(C)(CCCN)C(C)(C)[Si](C)(C)C. The molecule has 0 saturated carbocycles. The van der Waals surface area contributed by atoms with E-state index >= 15 is 0 Å². The maximum Gasteiger partial charge on any atom is 0.0505 e. The van der Waals surface area contributed by atoms with Crippen molar-refractivity contribution >= 4 is 8.07 Å². The lowest BCUT2D eigenvalue weighted by Gasteiger charge is -2.50. The molecule has 14 heavy (non-hydrogen) atoms. The molecule has 0 amide bonds. The van der Waals surface area contributed by atoms with Crippen molar-refractivity contribution in [2.45, 2.75) is 65.2 Å². The van der Waals surface area contributed by atoms with Gasteiger partial charge in [0.2, 0.25) is 0 Å². The van der Waals surface area contributed by atoms with E-state index in [1.165, 1.54) is 6.42 Å². The first-order valence-electron chi connectivity index (χ1n) is 5.76. The molecule has 0 bridgehead atoms. The maximum atomic E-state index is 5.60. The van der Waals surface area contributed by atoms with Crippen LogP contribution < -0.4 is 5.73 Å². The van der Waals surface area contributed by atoms with Gasteiger partial charge in [-0.25, -0.2) is 0 Å². The molecule has 2 heteroatoms. The molecule has 0 heterocycles. The first-order valence-corrected chi connectivity index (χ1v) is 9.26. The van der Waals surface area contributed by atoms with Crippen LogP contribution in [0.2, 0.25) is 24.7 Å². The second-order valence-electron chi connectivity index (χ2n) is 6.65. The molecule has 0 saturated heterocycles. The predicted molar refractivity (Wildman–Crippen MR) is 69.5 cm³/mol. The van der Waals surface area contributed by atoms with Crippen LogP contribution in [-0.4, -0.2) is 14.6 Å². The Kier molecular flexibility index (Phi) is 4.41. The van der Waals surface area contributed by atoms with Gasteiger partial charge < -0.3 is 5.73 Å². The average Bonchev–Trinajstić information content (AvgIpc) is 1.98. The molecule has 2 N–H and O–H groups in total. The second-order valence-corrected chi connectivity index (χ2v) is 12.4. The summed E-state index contributed by atoms with van der Waals surface area (Å²) in [5.74, 6) is 0. The highest BCUT2D eigenvalue weighted by molar-refractivity contribution is 6.79. The van der Waals surface area contributed by atoms with Crippen molar-refractivity contribution in [3.63, 3.8) is 0 Å². The Balaban J connectivity index is 4.69. The van der Waals surface area contributed by atoms with Gasteiger partial charge in [-0.2, -0.15) is 0 Å². The van der Waals surface area contributed by atoms with Gasteiger partial charge in [-0.1, -0.05) is 47.3 Å². The third-order valence-corrected chi connectivity index (χ3v) is 9.00. The first-order chi connectivity index (χ1) is 6.06. The average molecular weight is 215 g/mol. The van der Waals surface area contributed by atoms with E-state index in [1.54, 1.807) is 0 Å². The van der Waals surface area contributed by atoms with Crippen LogP contribution in [0.1, 0.15) is 40.5 Å². The van der Waals surface area contributed by atoms with Crippen LogP contribution in [0.5, 0.6) is 0 Å². The third kappa shape index (κ3) is 2.83. The van der Waals surface area contributed by atoms with Crippen molar-refractivity contribution in [3.05, 3.63) is 0 Å². The molecule has 0 fully saturated rings. The lowest BCUT2D eigenvalue weighted by atomic mass is 9.76. The van der Waals surface area contributed by atoms with E-state index in [2.05, 4.69) is 47.3 Å². The van der Waals surface area contributed by atoms with Crippen molar-refractivity contribution < 1.29 is 0 Å². The standard InChI is InChI=1S/C12H29NSi/c1-11(2,9-8-10-13)12(3,4)14(5,6)7/h8-10,13H2,1-7H3. The Bertz CT molecular complexity index is 177. The van der Waals surface area contributed by atoms with E-state index in [-0.39, 0.29) is 0 Å². The van der Waals surface area contributed by atoms with Gasteiger partial charge in [0.25, 0.3) is 0 Å². The molecule has 0 aliphatic rings. The van der Waals surface area contributed by atoms with Gasteiger partial charge >= 0.3 is 0 Å². The molecule has 0 radical (unpaired) electrons. The highest BCUT2D eigenvalue weighted by Crippen LogP contribution is 2.54. The summed E-state index contributed by atoms with van der Waals surface area (Å²) < 4.78 is 0. The summed E-state index contributed by atoms with van der Waals surface area (Å²) in [6, 6.07) is 0. The summed E-state index contributed by atoms with van der Waals surface area (Å²) >= 11 is 0. The smallest absolute Gasteiger partial charge is 0.0505 e. The van der Waals surface area contributed by atoms with Crippen LogP contribution in [0.15, 0.2) is 0 Å². The number of hydrogen-bond donors (Lipinski definition) is 1. The fourth-order valence-corrected chi connectivity index (χ4v) is 4.03. The molecule has 0 spiro atoms. The molecule has 0 rings (SSSR count). The summed E-state index contributed by atoms with van der Waals surface area (Å²) in [6.07, 6.45) is 2.40. The van der Waals surface area contributed by atoms with Crippen LogP contribution in [0.4, 0.5) is 0 Å². The summed E-state index contributed by atoms with van der Waals surface area (Å²) in [6.45, 7) is 17.9. The Morgan fingerprint density at radius 3 is 1.71 bits per heavy atom. The van der Waals surface area contributed by atoms with Crippen molar-refractivity contribution in [1.82, 2.24) is 0 Å². The zero-order valence-electron chi connectivity index (χ0n) is 11.2. The normalized spacial score (nSPS) is 14.6. The van der Waals surface area contributed by atoms with Gasteiger partial charge in [0, 0.05) is 0 Å². The fourth-order valence-electron chi connectivity index (χ4n) is 1.87. The zero-order chi connectivity index (χ0) is 11.6. The van der Waals surface area contributed by atoms with Gasteiger partial charge in [-0.15, -0.1) is 0 Å². The lowest BCUT2D eigenvalue weighted by molar-refractivity contribution is 0.231. The second kappa shape index (κ2) is 4.36. The molecular weight excluding hydrogens is 186 g/mol. The van der Waals surface area contributed by atoms with Crippen molar-refractivity contribution in [2.24, 2.45) is 11.1 Å². The van der Waals surface area contributed by atoms with Crippen LogP contribution in [0.25, 0.3) is 0 Å². The Morgan fingerprint density at radius 1 is 1.00 bits per heavy atom. The van der Waals surface area contributed by atoms with Crippen molar-refractivity contribution in [1.29, 1.82) is 0 Å². The van der Waals surface area contributed by atoms with E-state index in [4.69, 9.17) is 5.73 Å². The molecule has 0 aliphatic heterocycles. The maximum absolute atomic E-state index is 5.60. The molecule has 1 nitrogen and oxygen atoms in total. The Hall–Kier alpha value is 0.177.